The normalized spacial score (nSPS) is 12.4. The van der Waals surface area contributed by atoms with E-state index in [1.54, 1.807) is 36.0 Å². The second-order valence-corrected chi connectivity index (χ2v) is 7.09. The van der Waals surface area contributed by atoms with E-state index in [0.29, 0.717) is 27.3 Å². The van der Waals surface area contributed by atoms with Gasteiger partial charge in [-0.05, 0) is 25.1 Å². The fraction of sp³-hybridized carbons (Fsp3) is 0.200. The average molecular weight is 396 g/mol. The SMILES string of the molecule is C[C@@H](CO)n1cnc2c(-c3cnn(C)c3)nc(-c3ccc(Cl)cc3)cc2c1=O. The van der Waals surface area contributed by atoms with Crippen LogP contribution in [-0.4, -0.2) is 36.0 Å². The van der Waals surface area contributed by atoms with Gasteiger partial charge in [0.15, 0.2) is 0 Å². The second-order valence-electron chi connectivity index (χ2n) is 6.65. The minimum absolute atomic E-state index is 0.155. The first kappa shape index (κ1) is 18.3. The lowest BCUT2D eigenvalue weighted by Gasteiger charge is -2.14. The number of hydrogen-bond donors (Lipinski definition) is 1. The van der Waals surface area contributed by atoms with Crippen LogP contribution in [0.1, 0.15) is 13.0 Å². The molecule has 0 radical (unpaired) electrons. The Hall–Kier alpha value is -3.03. The summed E-state index contributed by atoms with van der Waals surface area (Å²) in [6, 6.07) is 8.63. The molecule has 0 saturated carbocycles. The standard InChI is InChI=1S/C20H18ClN5O2/c1-12(10-27)26-11-22-19-16(20(26)28)7-17(13-3-5-15(21)6-4-13)24-18(19)14-8-23-25(2)9-14/h3-9,11-12,27H,10H2,1-2H3/t12-/m0/s1. The highest BCUT2D eigenvalue weighted by Gasteiger charge is 2.17. The number of pyridine rings is 1. The fourth-order valence-electron chi connectivity index (χ4n) is 3.06. The average Bonchev–Trinajstić information content (AvgIpc) is 3.14. The number of halogens is 1. The molecule has 8 heteroatoms. The molecule has 4 aromatic rings. The van der Waals surface area contributed by atoms with E-state index < -0.39 is 0 Å². The summed E-state index contributed by atoms with van der Waals surface area (Å²) in [5.74, 6) is 0. The van der Waals surface area contributed by atoms with Crippen LogP contribution in [-0.2, 0) is 7.05 Å². The molecule has 7 nitrogen and oxygen atoms in total. The number of hydrogen-bond acceptors (Lipinski definition) is 5. The number of rotatable bonds is 4. The maximum absolute atomic E-state index is 13.1. The maximum Gasteiger partial charge on any atom is 0.261 e. The van der Waals surface area contributed by atoms with Crippen LogP contribution in [0.5, 0.6) is 0 Å². The van der Waals surface area contributed by atoms with Gasteiger partial charge in [-0.2, -0.15) is 5.10 Å². The minimum atomic E-state index is -0.376. The van der Waals surface area contributed by atoms with Crippen molar-refractivity contribution in [2.75, 3.05) is 6.61 Å². The lowest BCUT2D eigenvalue weighted by Crippen LogP contribution is -2.25. The van der Waals surface area contributed by atoms with Crippen LogP contribution >= 0.6 is 11.6 Å². The minimum Gasteiger partial charge on any atom is -0.394 e. The molecule has 1 N–H and O–H groups in total. The van der Waals surface area contributed by atoms with Crippen LogP contribution in [0.2, 0.25) is 5.02 Å². The summed E-state index contributed by atoms with van der Waals surface area (Å²) >= 11 is 6.00. The second kappa shape index (κ2) is 7.18. The third-order valence-corrected chi connectivity index (χ3v) is 4.88. The molecule has 1 aromatic carbocycles. The molecule has 4 rings (SSSR count). The van der Waals surface area contributed by atoms with E-state index in [2.05, 4.69) is 10.1 Å². The van der Waals surface area contributed by atoms with Gasteiger partial charge in [0.2, 0.25) is 0 Å². The van der Waals surface area contributed by atoms with Gasteiger partial charge in [0.25, 0.3) is 5.56 Å². The van der Waals surface area contributed by atoms with Crippen LogP contribution in [0.4, 0.5) is 0 Å². The first-order chi connectivity index (χ1) is 13.5. The number of aliphatic hydroxyl groups is 1. The van der Waals surface area contributed by atoms with E-state index in [9.17, 15) is 9.90 Å². The van der Waals surface area contributed by atoms with Gasteiger partial charge in [-0.25, -0.2) is 9.97 Å². The number of benzene rings is 1. The Labute approximate surface area is 165 Å². The number of nitrogens with zero attached hydrogens (tertiary/aromatic N) is 5. The summed E-state index contributed by atoms with van der Waals surface area (Å²) in [6.45, 7) is 1.61. The molecule has 0 amide bonds. The maximum atomic E-state index is 13.1. The van der Waals surface area contributed by atoms with Crippen molar-refractivity contribution in [1.29, 1.82) is 0 Å². The molecule has 0 fully saturated rings. The first-order valence-electron chi connectivity index (χ1n) is 8.75. The predicted molar refractivity (Wildman–Crippen MR) is 108 cm³/mol. The van der Waals surface area contributed by atoms with Crippen molar-refractivity contribution in [3.8, 4) is 22.5 Å². The van der Waals surface area contributed by atoms with E-state index >= 15 is 0 Å². The van der Waals surface area contributed by atoms with Gasteiger partial charge in [-0.3, -0.25) is 14.0 Å². The highest BCUT2D eigenvalue weighted by atomic mass is 35.5. The van der Waals surface area contributed by atoms with Crippen molar-refractivity contribution in [1.82, 2.24) is 24.3 Å². The van der Waals surface area contributed by atoms with Gasteiger partial charge in [-0.1, -0.05) is 23.7 Å². The lowest BCUT2D eigenvalue weighted by molar-refractivity contribution is 0.236. The van der Waals surface area contributed by atoms with Gasteiger partial charge < -0.3 is 5.11 Å². The first-order valence-corrected chi connectivity index (χ1v) is 9.13. The van der Waals surface area contributed by atoms with Crippen LogP contribution < -0.4 is 5.56 Å². The van der Waals surface area contributed by atoms with Crippen molar-refractivity contribution in [2.24, 2.45) is 7.05 Å². The van der Waals surface area contributed by atoms with Crippen molar-refractivity contribution in [3.63, 3.8) is 0 Å². The topological polar surface area (TPSA) is 85.8 Å². The molecular formula is C20H18ClN5O2. The summed E-state index contributed by atoms with van der Waals surface area (Å²) in [5.41, 5.74) is 3.09. The summed E-state index contributed by atoms with van der Waals surface area (Å²) in [7, 11) is 1.82. The van der Waals surface area contributed by atoms with E-state index in [4.69, 9.17) is 16.6 Å². The molecule has 3 aromatic heterocycles. The molecule has 3 heterocycles. The number of aryl methyl sites for hydroxylation is 1. The van der Waals surface area contributed by atoms with Gasteiger partial charge in [-0.15, -0.1) is 0 Å². The Morgan fingerprint density at radius 3 is 2.61 bits per heavy atom. The molecule has 0 aliphatic carbocycles. The Morgan fingerprint density at radius 2 is 1.96 bits per heavy atom. The van der Waals surface area contributed by atoms with Crippen molar-refractivity contribution >= 4 is 22.5 Å². The van der Waals surface area contributed by atoms with E-state index in [1.165, 1.54) is 10.9 Å². The molecular weight excluding hydrogens is 378 g/mol. The summed E-state index contributed by atoms with van der Waals surface area (Å²) in [5, 5.41) is 14.7. The zero-order chi connectivity index (χ0) is 19.8. The van der Waals surface area contributed by atoms with Crippen LogP contribution in [0.25, 0.3) is 33.4 Å². The smallest absolute Gasteiger partial charge is 0.261 e. The van der Waals surface area contributed by atoms with Gasteiger partial charge >= 0.3 is 0 Å². The number of aromatic nitrogens is 5. The highest BCUT2D eigenvalue weighted by Crippen LogP contribution is 2.29. The molecule has 1 atom stereocenters. The number of aliphatic hydroxyl groups excluding tert-OH is 1. The molecule has 142 valence electrons. The largest absolute Gasteiger partial charge is 0.394 e. The van der Waals surface area contributed by atoms with Crippen LogP contribution in [0, 0.1) is 0 Å². The predicted octanol–water partition coefficient (Wildman–Crippen LogP) is 3.07. The molecule has 0 spiro atoms. The third kappa shape index (κ3) is 3.19. The summed E-state index contributed by atoms with van der Waals surface area (Å²) in [6.07, 6.45) is 4.98. The zero-order valence-corrected chi connectivity index (χ0v) is 16.1. The van der Waals surface area contributed by atoms with E-state index in [1.807, 2.05) is 25.4 Å². The van der Waals surface area contributed by atoms with Crippen LogP contribution in [0.3, 0.4) is 0 Å². The third-order valence-electron chi connectivity index (χ3n) is 4.63. The molecule has 0 aliphatic heterocycles. The highest BCUT2D eigenvalue weighted by molar-refractivity contribution is 6.30. The van der Waals surface area contributed by atoms with Crippen molar-refractivity contribution in [2.45, 2.75) is 13.0 Å². The van der Waals surface area contributed by atoms with Crippen molar-refractivity contribution in [3.05, 3.63) is 64.4 Å². The van der Waals surface area contributed by atoms with Crippen LogP contribution in [0.15, 0.2) is 53.8 Å². The zero-order valence-electron chi connectivity index (χ0n) is 15.4. The van der Waals surface area contributed by atoms with E-state index in [-0.39, 0.29) is 18.2 Å². The Kier molecular flexibility index (Phi) is 4.70. The Balaban J connectivity index is 2.04. The molecule has 0 unspecified atom stereocenters. The molecule has 0 saturated heterocycles. The molecule has 28 heavy (non-hydrogen) atoms. The van der Waals surface area contributed by atoms with Gasteiger partial charge in [0.05, 0.1) is 36.3 Å². The number of fused-ring (bicyclic) bond motifs is 1. The summed E-state index contributed by atoms with van der Waals surface area (Å²) < 4.78 is 3.11. The van der Waals surface area contributed by atoms with Gasteiger partial charge in [0, 0.05) is 29.4 Å². The monoisotopic (exact) mass is 395 g/mol. The van der Waals surface area contributed by atoms with Crippen molar-refractivity contribution < 1.29 is 5.11 Å². The Bertz CT molecular complexity index is 1210. The quantitative estimate of drug-likeness (QED) is 0.574. The Morgan fingerprint density at radius 1 is 1.21 bits per heavy atom. The molecule has 0 bridgehead atoms. The molecule has 0 aliphatic rings. The van der Waals surface area contributed by atoms with E-state index in [0.717, 1.165) is 11.1 Å². The van der Waals surface area contributed by atoms with Gasteiger partial charge in [0.1, 0.15) is 11.2 Å². The summed E-state index contributed by atoms with van der Waals surface area (Å²) in [4.78, 5) is 22.3. The fourth-order valence-corrected chi connectivity index (χ4v) is 3.18. The lowest BCUT2D eigenvalue weighted by atomic mass is 10.1.